The molecule has 0 aromatic heterocycles. The Morgan fingerprint density at radius 3 is 2.64 bits per heavy atom. The van der Waals surface area contributed by atoms with Crippen molar-refractivity contribution in [1.29, 1.82) is 0 Å². The molecule has 0 bridgehead atoms. The molecule has 138 valence electrons. The highest BCUT2D eigenvalue weighted by molar-refractivity contribution is 7.91. The molecule has 0 aliphatic carbocycles. The summed E-state index contributed by atoms with van der Waals surface area (Å²) in [6, 6.07) is 2.33. The molecular formula is C16H18F3NO4S. The number of rotatable bonds is 4. The van der Waals surface area contributed by atoms with Crippen molar-refractivity contribution in [3.63, 3.8) is 0 Å². The van der Waals surface area contributed by atoms with Crippen molar-refractivity contribution in [1.82, 2.24) is 0 Å². The maximum atomic E-state index is 13.1. The molecule has 0 saturated carbocycles. The molecule has 1 aromatic rings. The number of nitrogens with zero attached hydrogens (tertiary/aromatic N) is 1. The Bertz CT molecular complexity index is 791. The van der Waals surface area contributed by atoms with Crippen LogP contribution < -0.4 is 9.64 Å². The number of ether oxygens (including phenoxy) is 1. The van der Waals surface area contributed by atoms with Crippen LogP contribution in [0.1, 0.15) is 25.3 Å². The van der Waals surface area contributed by atoms with E-state index in [0.717, 1.165) is 12.1 Å². The number of fused-ring (bicyclic) bond motifs is 1. The van der Waals surface area contributed by atoms with Crippen molar-refractivity contribution < 1.29 is 31.1 Å². The van der Waals surface area contributed by atoms with Gasteiger partial charge >= 0.3 is 6.18 Å². The van der Waals surface area contributed by atoms with E-state index in [2.05, 4.69) is 0 Å². The number of hydrogen-bond donors (Lipinski definition) is 0. The summed E-state index contributed by atoms with van der Waals surface area (Å²) < 4.78 is 68.5. The van der Waals surface area contributed by atoms with Crippen LogP contribution in [0.2, 0.25) is 0 Å². The summed E-state index contributed by atoms with van der Waals surface area (Å²) in [6.07, 6.45) is -3.90. The van der Waals surface area contributed by atoms with E-state index in [0.29, 0.717) is 6.42 Å². The third-order valence-corrected chi connectivity index (χ3v) is 6.27. The standard InChI is InChI=1S/C16H18F3NO4S/c1-2-5-24-14-4-3-11(16(17,18)19)7-12(14)20-13-9-25(22,23)8-10(13)6-15(20)21/h3-4,7,10,13H,2,5-6,8-9H2,1H3/t10-,13-/m0/s1. The summed E-state index contributed by atoms with van der Waals surface area (Å²) in [7, 11) is -3.30. The summed E-state index contributed by atoms with van der Waals surface area (Å²) in [6.45, 7) is 2.14. The highest BCUT2D eigenvalue weighted by Gasteiger charge is 2.50. The molecule has 25 heavy (non-hydrogen) atoms. The zero-order valence-corrected chi connectivity index (χ0v) is 14.4. The maximum absolute atomic E-state index is 13.1. The number of alkyl halides is 3. The van der Waals surface area contributed by atoms with Gasteiger partial charge in [-0.3, -0.25) is 4.79 Å². The van der Waals surface area contributed by atoms with Crippen LogP contribution in [0.4, 0.5) is 18.9 Å². The normalized spacial score (nSPS) is 25.3. The van der Waals surface area contributed by atoms with Gasteiger partial charge in [0.15, 0.2) is 9.84 Å². The van der Waals surface area contributed by atoms with Gasteiger partial charge in [-0.15, -0.1) is 0 Å². The third-order valence-electron chi connectivity index (χ3n) is 4.48. The first-order valence-corrected chi connectivity index (χ1v) is 9.81. The second-order valence-corrected chi connectivity index (χ2v) is 8.55. The number of anilines is 1. The highest BCUT2D eigenvalue weighted by atomic mass is 32.2. The number of amides is 1. The molecule has 0 spiro atoms. The molecule has 2 heterocycles. The number of benzene rings is 1. The van der Waals surface area contributed by atoms with Gasteiger partial charge in [-0.2, -0.15) is 13.2 Å². The topological polar surface area (TPSA) is 63.7 Å². The summed E-state index contributed by atoms with van der Waals surface area (Å²) in [5.41, 5.74) is -0.902. The minimum atomic E-state index is -4.57. The summed E-state index contributed by atoms with van der Waals surface area (Å²) in [5.74, 6) is -0.929. The lowest BCUT2D eigenvalue weighted by Crippen LogP contribution is -2.36. The largest absolute Gasteiger partial charge is 0.491 e. The monoisotopic (exact) mass is 377 g/mol. The van der Waals surface area contributed by atoms with Crippen molar-refractivity contribution in [2.75, 3.05) is 23.0 Å². The van der Waals surface area contributed by atoms with E-state index >= 15 is 0 Å². The van der Waals surface area contributed by atoms with Gasteiger partial charge in [0.05, 0.1) is 35.4 Å². The van der Waals surface area contributed by atoms with Crippen LogP contribution in [0.3, 0.4) is 0 Å². The average Bonchev–Trinajstić information content (AvgIpc) is 2.94. The molecule has 2 atom stereocenters. The fraction of sp³-hybridized carbons (Fsp3) is 0.562. The number of halogens is 3. The van der Waals surface area contributed by atoms with Crippen molar-refractivity contribution >= 4 is 21.4 Å². The molecule has 2 aliphatic heterocycles. The molecule has 1 aromatic carbocycles. The van der Waals surface area contributed by atoms with Crippen LogP contribution in [0.5, 0.6) is 5.75 Å². The molecule has 2 fully saturated rings. The Morgan fingerprint density at radius 1 is 1.28 bits per heavy atom. The lowest BCUT2D eigenvalue weighted by Gasteiger charge is -2.26. The van der Waals surface area contributed by atoms with Gasteiger partial charge < -0.3 is 9.64 Å². The summed E-state index contributed by atoms with van der Waals surface area (Å²) >= 11 is 0. The predicted molar refractivity (Wildman–Crippen MR) is 85.3 cm³/mol. The zero-order chi connectivity index (χ0) is 18.4. The Morgan fingerprint density at radius 2 is 2.00 bits per heavy atom. The molecule has 0 unspecified atom stereocenters. The van der Waals surface area contributed by atoms with Gasteiger partial charge in [-0.1, -0.05) is 6.92 Å². The average molecular weight is 377 g/mol. The van der Waals surface area contributed by atoms with Crippen molar-refractivity contribution in [2.45, 2.75) is 32.0 Å². The molecule has 2 aliphatic rings. The fourth-order valence-corrected chi connectivity index (χ4v) is 5.49. The van der Waals surface area contributed by atoms with E-state index in [9.17, 15) is 26.4 Å². The highest BCUT2D eigenvalue weighted by Crippen LogP contribution is 2.43. The quantitative estimate of drug-likeness (QED) is 0.809. The van der Waals surface area contributed by atoms with E-state index in [1.54, 1.807) is 0 Å². The van der Waals surface area contributed by atoms with Gasteiger partial charge in [-0.25, -0.2) is 8.42 Å². The van der Waals surface area contributed by atoms with Crippen LogP contribution in [0, 0.1) is 5.92 Å². The number of hydrogen-bond acceptors (Lipinski definition) is 4. The first kappa shape index (κ1) is 18.0. The lowest BCUT2D eigenvalue weighted by atomic mass is 10.0. The first-order chi connectivity index (χ1) is 11.6. The molecule has 0 N–H and O–H groups in total. The van der Waals surface area contributed by atoms with Crippen LogP contribution in [0.25, 0.3) is 0 Å². The number of carbonyl (C=O) groups is 1. The minimum Gasteiger partial charge on any atom is -0.491 e. The van der Waals surface area contributed by atoms with Crippen LogP contribution in [-0.2, 0) is 20.8 Å². The van der Waals surface area contributed by atoms with Crippen molar-refractivity contribution in [2.24, 2.45) is 5.92 Å². The molecule has 3 rings (SSSR count). The Hall–Kier alpha value is -1.77. The Labute approximate surface area is 143 Å². The van der Waals surface area contributed by atoms with Crippen LogP contribution >= 0.6 is 0 Å². The van der Waals surface area contributed by atoms with E-state index in [1.807, 2.05) is 6.92 Å². The van der Waals surface area contributed by atoms with E-state index in [1.165, 1.54) is 11.0 Å². The SMILES string of the molecule is CCCOc1ccc(C(F)(F)F)cc1N1C(=O)C[C@H]2CS(=O)(=O)C[C@@H]21. The molecule has 0 radical (unpaired) electrons. The van der Waals surface area contributed by atoms with E-state index in [-0.39, 0.29) is 47.8 Å². The lowest BCUT2D eigenvalue weighted by molar-refractivity contribution is -0.137. The van der Waals surface area contributed by atoms with Crippen molar-refractivity contribution in [3.05, 3.63) is 23.8 Å². The van der Waals surface area contributed by atoms with Gasteiger partial charge in [0.25, 0.3) is 0 Å². The number of carbonyl (C=O) groups excluding carboxylic acids is 1. The van der Waals surface area contributed by atoms with Gasteiger partial charge in [0.2, 0.25) is 5.91 Å². The molecule has 2 saturated heterocycles. The molecule has 9 heteroatoms. The van der Waals surface area contributed by atoms with Crippen LogP contribution in [0.15, 0.2) is 18.2 Å². The summed E-state index contributed by atoms with van der Waals surface area (Å²) in [4.78, 5) is 13.6. The van der Waals surface area contributed by atoms with Crippen LogP contribution in [-0.4, -0.2) is 38.5 Å². The first-order valence-electron chi connectivity index (χ1n) is 7.99. The van der Waals surface area contributed by atoms with E-state index < -0.39 is 27.6 Å². The Balaban J connectivity index is 2.05. The molecular weight excluding hydrogens is 359 g/mol. The maximum Gasteiger partial charge on any atom is 0.416 e. The fourth-order valence-electron chi connectivity index (χ4n) is 3.42. The minimum absolute atomic E-state index is 0.00197. The number of sulfone groups is 1. The predicted octanol–water partition coefficient (Wildman–Crippen LogP) is 2.64. The summed E-state index contributed by atoms with van der Waals surface area (Å²) in [5, 5.41) is 0. The second-order valence-electron chi connectivity index (χ2n) is 6.40. The zero-order valence-electron chi connectivity index (χ0n) is 13.5. The van der Waals surface area contributed by atoms with Gasteiger partial charge in [-0.05, 0) is 24.6 Å². The molecule has 1 amide bonds. The second kappa shape index (κ2) is 6.19. The smallest absolute Gasteiger partial charge is 0.416 e. The van der Waals surface area contributed by atoms with E-state index in [4.69, 9.17) is 4.74 Å². The third kappa shape index (κ3) is 3.47. The van der Waals surface area contributed by atoms with Gasteiger partial charge in [0.1, 0.15) is 5.75 Å². The van der Waals surface area contributed by atoms with Crippen molar-refractivity contribution in [3.8, 4) is 5.75 Å². The Kier molecular flexibility index (Phi) is 4.47. The van der Waals surface area contributed by atoms with Gasteiger partial charge in [0, 0.05) is 12.3 Å². The molecule has 5 nitrogen and oxygen atoms in total.